The topological polar surface area (TPSA) is 47.6 Å². The highest BCUT2D eigenvalue weighted by Gasteiger charge is 2.31. The van der Waals surface area contributed by atoms with E-state index in [2.05, 4.69) is 5.32 Å². The quantitative estimate of drug-likeness (QED) is 0.610. The van der Waals surface area contributed by atoms with Crippen molar-refractivity contribution < 1.29 is 14.1 Å². The first-order valence-corrected chi connectivity index (χ1v) is 4.28. The van der Waals surface area contributed by atoms with Gasteiger partial charge in [-0.25, -0.2) is 0 Å². The van der Waals surface area contributed by atoms with Crippen molar-refractivity contribution in [1.82, 2.24) is 5.32 Å². The smallest absolute Gasteiger partial charge is 0.408 e. The van der Waals surface area contributed by atoms with Crippen LogP contribution in [0.5, 0.6) is 0 Å². The third-order valence-electron chi connectivity index (χ3n) is 1.68. The molecular formula is C7H14BNO3. The first kappa shape index (κ1) is 9.54. The van der Waals surface area contributed by atoms with Gasteiger partial charge in [0.05, 0.1) is 6.61 Å². The molecule has 1 aliphatic heterocycles. The Morgan fingerprint density at radius 1 is 1.75 bits per heavy atom. The van der Waals surface area contributed by atoms with E-state index >= 15 is 0 Å². The molecule has 0 aliphatic carbocycles. The normalized spacial score (nSPS) is 22.8. The Morgan fingerprint density at radius 2 is 2.50 bits per heavy atom. The molecule has 4 nitrogen and oxygen atoms in total. The first-order chi connectivity index (χ1) is 5.74. The summed E-state index contributed by atoms with van der Waals surface area (Å²) < 4.78 is 10.3. The minimum atomic E-state index is -0.411. The SMILES string of the molecule is CCCNC(=O)C1COB(C)O1. The average Bonchev–Trinajstić information content (AvgIpc) is 2.47. The van der Waals surface area contributed by atoms with Gasteiger partial charge in [-0.2, -0.15) is 0 Å². The molecule has 1 atom stereocenters. The van der Waals surface area contributed by atoms with E-state index in [9.17, 15) is 4.79 Å². The van der Waals surface area contributed by atoms with Gasteiger partial charge in [-0.15, -0.1) is 0 Å². The van der Waals surface area contributed by atoms with Crippen molar-refractivity contribution >= 4 is 13.0 Å². The molecule has 1 saturated heterocycles. The van der Waals surface area contributed by atoms with Crippen LogP contribution in [0.2, 0.25) is 6.82 Å². The van der Waals surface area contributed by atoms with Crippen LogP contribution in [0, 0.1) is 0 Å². The van der Waals surface area contributed by atoms with Gasteiger partial charge >= 0.3 is 7.12 Å². The standard InChI is InChI=1S/C7H14BNO3/c1-3-4-9-7(10)6-5-11-8(2)12-6/h6H,3-5H2,1-2H3,(H,9,10). The number of amides is 1. The Labute approximate surface area is 72.8 Å². The maximum absolute atomic E-state index is 11.2. The molecule has 1 amide bonds. The van der Waals surface area contributed by atoms with Crippen molar-refractivity contribution in [3.8, 4) is 0 Å². The van der Waals surface area contributed by atoms with Gasteiger partial charge in [0.25, 0.3) is 0 Å². The molecule has 68 valence electrons. The summed E-state index contributed by atoms with van der Waals surface area (Å²) in [6, 6.07) is 0. The molecule has 0 saturated carbocycles. The fourth-order valence-electron chi connectivity index (χ4n) is 1.03. The molecule has 1 rings (SSSR count). The van der Waals surface area contributed by atoms with Crippen molar-refractivity contribution in [3.05, 3.63) is 0 Å². The van der Waals surface area contributed by atoms with E-state index in [-0.39, 0.29) is 13.0 Å². The summed E-state index contributed by atoms with van der Waals surface area (Å²) in [6.07, 6.45) is 0.529. The summed E-state index contributed by atoms with van der Waals surface area (Å²) in [5.74, 6) is -0.0683. The number of nitrogens with one attached hydrogen (secondary N) is 1. The molecule has 0 spiro atoms. The number of rotatable bonds is 3. The van der Waals surface area contributed by atoms with Gasteiger partial charge in [0.1, 0.15) is 6.10 Å². The fraction of sp³-hybridized carbons (Fsp3) is 0.857. The summed E-state index contributed by atoms with van der Waals surface area (Å²) >= 11 is 0. The molecule has 0 aromatic carbocycles. The lowest BCUT2D eigenvalue weighted by Crippen LogP contribution is -2.36. The molecule has 1 unspecified atom stereocenters. The van der Waals surface area contributed by atoms with Crippen LogP contribution in [0.15, 0.2) is 0 Å². The lowest BCUT2D eigenvalue weighted by Gasteiger charge is -2.08. The van der Waals surface area contributed by atoms with E-state index < -0.39 is 6.10 Å². The second kappa shape index (κ2) is 4.47. The number of hydrogen-bond acceptors (Lipinski definition) is 3. The van der Waals surface area contributed by atoms with Gasteiger partial charge in [0.15, 0.2) is 0 Å². The van der Waals surface area contributed by atoms with Crippen LogP contribution >= 0.6 is 0 Å². The highest BCUT2D eigenvalue weighted by atomic mass is 16.6. The second-order valence-electron chi connectivity index (χ2n) is 2.82. The summed E-state index contributed by atoms with van der Waals surface area (Å²) in [4.78, 5) is 11.2. The summed E-state index contributed by atoms with van der Waals surface area (Å²) in [6.45, 7) is 4.87. The average molecular weight is 171 g/mol. The van der Waals surface area contributed by atoms with E-state index in [0.29, 0.717) is 13.2 Å². The van der Waals surface area contributed by atoms with Crippen molar-refractivity contribution in [1.29, 1.82) is 0 Å². The number of carbonyl (C=O) groups is 1. The van der Waals surface area contributed by atoms with Gasteiger partial charge < -0.3 is 14.6 Å². The summed E-state index contributed by atoms with van der Waals surface area (Å²) in [5, 5.41) is 2.75. The van der Waals surface area contributed by atoms with Crippen molar-refractivity contribution in [3.63, 3.8) is 0 Å². The molecule has 1 N–H and O–H groups in total. The molecule has 12 heavy (non-hydrogen) atoms. The van der Waals surface area contributed by atoms with Crippen LogP contribution in [0.3, 0.4) is 0 Å². The largest absolute Gasteiger partial charge is 0.454 e. The zero-order valence-electron chi connectivity index (χ0n) is 7.50. The third kappa shape index (κ3) is 2.50. The van der Waals surface area contributed by atoms with E-state index in [4.69, 9.17) is 9.31 Å². The molecule has 0 bridgehead atoms. The molecule has 0 aromatic rings. The fourth-order valence-corrected chi connectivity index (χ4v) is 1.03. The summed E-state index contributed by atoms with van der Waals surface area (Å²) in [7, 11) is -0.248. The van der Waals surface area contributed by atoms with Crippen LogP contribution in [0.4, 0.5) is 0 Å². The Bertz CT molecular complexity index is 165. The third-order valence-corrected chi connectivity index (χ3v) is 1.68. The Balaban J connectivity index is 2.23. The van der Waals surface area contributed by atoms with E-state index in [1.165, 1.54) is 0 Å². The van der Waals surface area contributed by atoms with Gasteiger partial charge in [-0.1, -0.05) is 6.92 Å². The number of carbonyl (C=O) groups excluding carboxylic acids is 1. The summed E-state index contributed by atoms with van der Waals surface area (Å²) in [5.41, 5.74) is 0. The lowest BCUT2D eigenvalue weighted by molar-refractivity contribution is -0.127. The lowest BCUT2D eigenvalue weighted by atomic mass is 9.97. The van der Waals surface area contributed by atoms with E-state index in [1.54, 1.807) is 6.82 Å². The van der Waals surface area contributed by atoms with Gasteiger partial charge in [-0.05, 0) is 13.2 Å². The predicted octanol–water partition coefficient (Wildman–Crippen LogP) is 0.0460. The van der Waals surface area contributed by atoms with Crippen LogP contribution in [-0.2, 0) is 14.1 Å². The maximum atomic E-state index is 11.2. The number of hydrogen-bond donors (Lipinski definition) is 1. The maximum Gasteiger partial charge on any atom is 0.454 e. The van der Waals surface area contributed by atoms with Crippen LogP contribution in [0.1, 0.15) is 13.3 Å². The van der Waals surface area contributed by atoms with Gasteiger partial charge in [-0.3, -0.25) is 4.79 Å². The molecule has 1 aliphatic rings. The zero-order valence-corrected chi connectivity index (χ0v) is 7.50. The van der Waals surface area contributed by atoms with Crippen LogP contribution in [0.25, 0.3) is 0 Å². The Kier molecular flexibility index (Phi) is 3.56. The molecular weight excluding hydrogens is 157 g/mol. The van der Waals surface area contributed by atoms with Crippen molar-refractivity contribution in [2.75, 3.05) is 13.2 Å². The highest BCUT2D eigenvalue weighted by molar-refractivity contribution is 6.43. The van der Waals surface area contributed by atoms with Crippen LogP contribution in [-0.4, -0.2) is 32.3 Å². The van der Waals surface area contributed by atoms with Crippen LogP contribution < -0.4 is 5.32 Å². The molecule has 1 fully saturated rings. The molecule has 1 heterocycles. The van der Waals surface area contributed by atoms with Gasteiger partial charge in [0, 0.05) is 6.54 Å². The first-order valence-electron chi connectivity index (χ1n) is 4.28. The molecule has 0 radical (unpaired) electrons. The Hall–Kier alpha value is -0.545. The monoisotopic (exact) mass is 171 g/mol. The molecule has 5 heteroatoms. The van der Waals surface area contributed by atoms with E-state index in [0.717, 1.165) is 6.42 Å². The second-order valence-corrected chi connectivity index (χ2v) is 2.82. The predicted molar refractivity (Wildman–Crippen MR) is 45.7 cm³/mol. The minimum Gasteiger partial charge on any atom is -0.408 e. The van der Waals surface area contributed by atoms with Crippen molar-refractivity contribution in [2.45, 2.75) is 26.3 Å². The van der Waals surface area contributed by atoms with Crippen molar-refractivity contribution in [2.24, 2.45) is 0 Å². The Morgan fingerprint density at radius 3 is 3.00 bits per heavy atom. The zero-order chi connectivity index (χ0) is 8.97. The van der Waals surface area contributed by atoms with Gasteiger partial charge in [0.2, 0.25) is 5.91 Å². The van der Waals surface area contributed by atoms with E-state index in [1.807, 2.05) is 6.92 Å². The highest BCUT2D eigenvalue weighted by Crippen LogP contribution is 2.07. The molecule has 0 aromatic heterocycles. The minimum absolute atomic E-state index is 0.0683.